The zero-order valence-electron chi connectivity index (χ0n) is 11.4. The van der Waals surface area contributed by atoms with E-state index in [1.54, 1.807) is 0 Å². The smallest absolute Gasteiger partial charge is 0.313 e. The van der Waals surface area contributed by atoms with Crippen molar-refractivity contribution in [3.63, 3.8) is 0 Å². The molecule has 6 heteroatoms. The molecule has 2 aromatic rings. The first-order valence-electron chi connectivity index (χ1n) is 6.21. The van der Waals surface area contributed by atoms with Crippen LogP contribution in [0.15, 0.2) is 22.7 Å². The van der Waals surface area contributed by atoms with Gasteiger partial charge in [0.05, 0.1) is 11.5 Å². The monoisotopic (exact) mass is 292 g/mol. The molecule has 0 fully saturated rings. The van der Waals surface area contributed by atoms with Crippen LogP contribution in [0.5, 0.6) is 0 Å². The van der Waals surface area contributed by atoms with Crippen molar-refractivity contribution in [2.24, 2.45) is 0 Å². The van der Waals surface area contributed by atoms with Gasteiger partial charge in [-0.25, -0.2) is 0 Å². The maximum Gasteiger partial charge on any atom is 0.313 e. The molecule has 0 saturated carbocycles. The molecule has 1 N–H and O–H groups in total. The van der Waals surface area contributed by atoms with Gasteiger partial charge >= 0.3 is 5.97 Å². The predicted octanol–water partition coefficient (Wildman–Crippen LogP) is 2.60. The normalized spacial score (nSPS) is 10.7. The first-order chi connectivity index (χ1) is 9.52. The van der Waals surface area contributed by atoms with E-state index in [0.29, 0.717) is 23.9 Å². The van der Waals surface area contributed by atoms with Crippen molar-refractivity contribution in [2.75, 3.05) is 5.75 Å². The highest BCUT2D eigenvalue weighted by Gasteiger charge is 2.08. The molecular weight excluding hydrogens is 276 g/mol. The third-order valence-corrected chi connectivity index (χ3v) is 3.51. The molecule has 5 nitrogen and oxygen atoms in total. The van der Waals surface area contributed by atoms with Gasteiger partial charge in [-0.1, -0.05) is 34.5 Å². The van der Waals surface area contributed by atoms with Crippen LogP contribution in [0.4, 0.5) is 0 Å². The second kappa shape index (κ2) is 6.56. The molecular formula is C14H16N2O3S. The number of aryl methyl sites for hydroxylation is 2. The van der Waals surface area contributed by atoms with E-state index in [1.165, 1.54) is 22.9 Å². The summed E-state index contributed by atoms with van der Waals surface area (Å²) in [5.41, 5.74) is 3.56. The van der Waals surface area contributed by atoms with Gasteiger partial charge in [0.25, 0.3) is 0 Å². The molecule has 0 aliphatic rings. The van der Waals surface area contributed by atoms with Gasteiger partial charge in [0.2, 0.25) is 5.89 Å². The number of benzene rings is 1. The molecule has 0 saturated heterocycles. The summed E-state index contributed by atoms with van der Waals surface area (Å²) in [4.78, 5) is 14.7. The van der Waals surface area contributed by atoms with Gasteiger partial charge < -0.3 is 9.63 Å². The van der Waals surface area contributed by atoms with Crippen molar-refractivity contribution in [3.8, 4) is 0 Å². The van der Waals surface area contributed by atoms with Crippen LogP contribution in [0.2, 0.25) is 0 Å². The molecule has 1 aromatic carbocycles. The first kappa shape index (κ1) is 14.6. The highest BCUT2D eigenvalue weighted by atomic mass is 32.2. The van der Waals surface area contributed by atoms with E-state index in [2.05, 4.69) is 42.2 Å². The first-order valence-corrected chi connectivity index (χ1v) is 7.36. The summed E-state index contributed by atoms with van der Waals surface area (Å²) in [5.74, 6) is 0.711. The van der Waals surface area contributed by atoms with Crippen LogP contribution in [0.25, 0.3) is 0 Å². The summed E-state index contributed by atoms with van der Waals surface area (Å²) >= 11 is 1.24. The van der Waals surface area contributed by atoms with E-state index in [0.717, 1.165) is 5.56 Å². The largest absolute Gasteiger partial charge is 0.481 e. The molecule has 0 aliphatic carbocycles. The molecule has 0 radical (unpaired) electrons. The van der Waals surface area contributed by atoms with Crippen molar-refractivity contribution < 1.29 is 14.4 Å². The summed E-state index contributed by atoms with van der Waals surface area (Å²) in [7, 11) is 0. The maximum absolute atomic E-state index is 10.4. The molecule has 2 rings (SSSR count). The Morgan fingerprint density at radius 2 is 2.00 bits per heavy atom. The Kier molecular flexibility index (Phi) is 4.79. The number of carboxylic acids is 1. The number of aliphatic carboxylic acids is 1. The molecule has 0 spiro atoms. The Labute approximate surface area is 121 Å². The fourth-order valence-corrected chi connectivity index (χ4v) is 2.57. The Morgan fingerprint density at radius 3 is 2.65 bits per heavy atom. The van der Waals surface area contributed by atoms with Gasteiger partial charge in [0.15, 0.2) is 5.82 Å². The molecule has 0 atom stereocenters. The number of aromatic nitrogens is 2. The average Bonchev–Trinajstić information content (AvgIpc) is 2.74. The van der Waals surface area contributed by atoms with Crippen LogP contribution in [-0.2, 0) is 17.0 Å². The van der Waals surface area contributed by atoms with Gasteiger partial charge in [0.1, 0.15) is 0 Å². The number of nitrogens with zero attached hydrogens (tertiary/aromatic N) is 2. The topological polar surface area (TPSA) is 76.2 Å². The second-order valence-corrected chi connectivity index (χ2v) is 5.65. The van der Waals surface area contributed by atoms with Gasteiger partial charge in [-0.2, -0.15) is 4.98 Å². The quantitative estimate of drug-likeness (QED) is 0.882. The van der Waals surface area contributed by atoms with Crippen molar-refractivity contribution in [2.45, 2.75) is 26.0 Å². The van der Waals surface area contributed by atoms with Gasteiger partial charge in [-0.3, -0.25) is 4.79 Å². The van der Waals surface area contributed by atoms with Gasteiger partial charge in [-0.15, -0.1) is 11.8 Å². The van der Waals surface area contributed by atoms with Crippen LogP contribution >= 0.6 is 11.8 Å². The summed E-state index contributed by atoms with van der Waals surface area (Å²) in [6.07, 6.45) is 0.621. The highest BCUT2D eigenvalue weighted by Crippen LogP contribution is 2.14. The number of rotatable bonds is 6. The van der Waals surface area contributed by atoms with Gasteiger partial charge in [-0.05, 0) is 19.4 Å². The molecule has 1 heterocycles. The van der Waals surface area contributed by atoms with Crippen LogP contribution < -0.4 is 0 Å². The second-order valence-electron chi connectivity index (χ2n) is 4.66. The SMILES string of the molecule is Cc1cc(C)cc(Cc2noc(CSCC(=O)O)n2)c1. The Balaban J connectivity index is 1.96. The maximum atomic E-state index is 10.4. The highest BCUT2D eigenvalue weighted by molar-refractivity contribution is 7.99. The van der Waals surface area contributed by atoms with Crippen LogP contribution in [-0.4, -0.2) is 27.0 Å². The lowest BCUT2D eigenvalue weighted by Crippen LogP contribution is -1.98. The van der Waals surface area contributed by atoms with Crippen LogP contribution in [0.3, 0.4) is 0 Å². The zero-order valence-corrected chi connectivity index (χ0v) is 12.2. The predicted molar refractivity (Wildman–Crippen MR) is 76.8 cm³/mol. The molecule has 0 aliphatic heterocycles. The molecule has 1 aromatic heterocycles. The van der Waals surface area contributed by atoms with E-state index in [1.807, 2.05) is 0 Å². The number of hydrogen-bond acceptors (Lipinski definition) is 5. The Hall–Kier alpha value is -1.82. The molecule has 20 heavy (non-hydrogen) atoms. The van der Waals surface area contributed by atoms with Crippen LogP contribution in [0, 0.1) is 13.8 Å². The van der Waals surface area contributed by atoms with Crippen LogP contribution in [0.1, 0.15) is 28.4 Å². The lowest BCUT2D eigenvalue weighted by atomic mass is 10.1. The minimum atomic E-state index is -0.843. The number of hydrogen-bond donors (Lipinski definition) is 1. The lowest BCUT2D eigenvalue weighted by molar-refractivity contribution is -0.133. The van der Waals surface area contributed by atoms with Crippen molar-refractivity contribution in [1.82, 2.24) is 10.1 Å². The molecule has 0 bridgehead atoms. The van der Waals surface area contributed by atoms with E-state index >= 15 is 0 Å². The fraction of sp³-hybridized carbons (Fsp3) is 0.357. The standard InChI is InChI=1S/C14H16N2O3S/c1-9-3-10(2)5-11(4-9)6-12-15-13(19-16-12)7-20-8-14(17)18/h3-5H,6-8H2,1-2H3,(H,17,18). The lowest BCUT2D eigenvalue weighted by Gasteiger charge is -2.01. The Morgan fingerprint density at radius 1 is 1.30 bits per heavy atom. The summed E-state index contributed by atoms with van der Waals surface area (Å²) < 4.78 is 5.10. The molecule has 0 unspecified atom stereocenters. The number of carboxylic acid groups (broad SMARTS) is 1. The van der Waals surface area contributed by atoms with Crippen molar-refractivity contribution in [3.05, 3.63) is 46.6 Å². The number of carbonyl (C=O) groups is 1. The van der Waals surface area contributed by atoms with Crippen molar-refractivity contribution >= 4 is 17.7 Å². The average molecular weight is 292 g/mol. The fourth-order valence-electron chi connectivity index (χ4n) is 2.00. The Bertz CT molecular complexity index is 590. The van der Waals surface area contributed by atoms with E-state index in [9.17, 15) is 4.79 Å². The van der Waals surface area contributed by atoms with Crippen molar-refractivity contribution in [1.29, 1.82) is 0 Å². The summed E-state index contributed by atoms with van der Waals surface area (Å²) in [5, 5.41) is 12.5. The number of thioether (sulfide) groups is 1. The molecule has 0 amide bonds. The van der Waals surface area contributed by atoms with Gasteiger partial charge in [0, 0.05) is 6.42 Å². The minimum absolute atomic E-state index is 0.0365. The summed E-state index contributed by atoms with van der Waals surface area (Å²) in [6.45, 7) is 4.11. The van der Waals surface area contributed by atoms with E-state index in [4.69, 9.17) is 9.63 Å². The molecule has 106 valence electrons. The van der Waals surface area contributed by atoms with E-state index < -0.39 is 5.97 Å². The minimum Gasteiger partial charge on any atom is -0.481 e. The summed E-state index contributed by atoms with van der Waals surface area (Å²) in [6, 6.07) is 6.32. The third-order valence-electron chi connectivity index (χ3n) is 2.60. The zero-order chi connectivity index (χ0) is 14.5. The third kappa shape index (κ3) is 4.38. The van der Waals surface area contributed by atoms with E-state index in [-0.39, 0.29) is 5.75 Å².